The first-order valence-corrected chi connectivity index (χ1v) is 4.00. The molecule has 0 radical (unpaired) electrons. The van der Waals surface area contributed by atoms with Crippen LogP contribution in [0.4, 0.5) is 8.78 Å². The zero-order chi connectivity index (χ0) is 10.7. The van der Waals surface area contributed by atoms with Crippen LogP contribution in [0.2, 0.25) is 5.02 Å². The lowest BCUT2D eigenvalue weighted by Crippen LogP contribution is -1.99. The number of carbonyl (C=O) groups is 2. The molecule has 0 spiro atoms. The van der Waals surface area contributed by atoms with Crippen molar-refractivity contribution in [3.8, 4) is 0 Å². The van der Waals surface area contributed by atoms with Crippen LogP contribution in [0.25, 0.3) is 0 Å². The Balaban J connectivity index is 3.50. The molecular weight excluding hydrogens is 214 g/mol. The van der Waals surface area contributed by atoms with E-state index in [-0.39, 0.29) is 22.4 Å². The van der Waals surface area contributed by atoms with Gasteiger partial charge < -0.3 is 0 Å². The highest BCUT2D eigenvalue weighted by Crippen LogP contribution is 2.30. The summed E-state index contributed by atoms with van der Waals surface area (Å²) in [7, 11) is 0. The number of alkyl halides is 2. The van der Waals surface area contributed by atoms with Crippen molar-refractivity contribution in [2.24, 2.45) is 0 Å². The molecule has 0 atom stereocenters. The normalized spacial score (nSPS) is 10.3. The first kappa shape index (κ1) is 10.8. The largest absolute Gasteiger partial charge is 0.298 e. The standard InChI is InChI=1S/C9H5ClF2O2/c10-7-2-1-5(3-13)6(4-14)8(7)9(11)12/h1-4,9H. The third-order valence-electron chi connectivity index (χ3n) is 1.73. The van der Waals surface area contributed by atoms with Crippen LogP contribution in [-0.4, -0.2) is 12.6 Å². The maximum atomic E-state index is 12.4. The van der Waals surface area contributed by atoms with Crippen molar-refractivity contribution >= 4 is 24.2 Å². The predicted molar refractivity (Wildman–Crippen MR) is 47.2 cm³/mol. The molecule has 0 aliphatic heterocycles. The number of aldehydes is 2. The van der Waals surface area contributed by atoms with Crippen LogP contribution in [0.5, 0.6) is 0 Å². The van der Waals surface area contributed by atoms with E-state index in [4.69, 9.17) is 11.6 Å². The Morgan fingerprint density at radius 1 is 1.21 bits per heavy atom. The van der Waals surface area contributed by atoms with Crippen LogP contribution in [0.1, 0.15) is 32.7 Å². The highest BCUT2D eigenvalue weighted by Gasteiger charge is 2.19. The van der Waals surface area contributed by atoms with Crippen LogP contribution >= 0.6 is 11.6 Å². The van der Waals surface area contributed by atoms with Crippen LogP contribution in [0, 0.1) is 0 Å². The lowest BCUT2D eigenvalue weighted by Gasteiger charge is -2.07. The monoisotopic (exact) mass is 218 g/mol. The lowest BCUT2D eigenvalue weighted by molar-refractivity contribution is 0.108. The van der Waals surface area contributed by atoms with Crippen LogP contribution in [-0.2, 0) is 0 Å². The van der Waals surface area contributed by atoms with Gasteiger partial charge in [-0.05, 0) is 12.1 Å². The molecule has 0 N–H and O–H groups in total. The van der Waals surface area contributed by atoms with Crippen molar-refractivity contribution in [3.05, 3.63) is 33.8 Å². The summed E-state index contributed by atoms with van der Waals surface area (Å²) in [5.41, 5.74) is -1.02. The molecule has 5 heteroatoms. The van der Waals surface area contributed by atoms with E-state index in [0.717, 1.165) is 0 Å². The fourth-order valence-corrected chi connectivity index (χ4v) is 1.33. The summed E-state index contributed by atoms with van der Waals surface area (Å²) >= 11 is 5.48. The zero-order valence-corrected chi connectivity index (χ0v) is 7.59. The maximum Gasteiger partial charge on any atom is 0.266 e. The molecule has 2 nitrogen and oxygen atoms in total. The molecule has 0 amide bonds. The molecule has 0 aliphatic rings. The van der Waals surface area contributed by atoms with Crippen LogP contribution in [0.3, 0.4) is 0 Å². The summed E-state index contributed by atoms with van der Waals surface area (Å²) < 4.78 is 24.9. The fraction of sp³-hybridized carbons (Fsp3) is 0.111. The Kier molecular flexibility index (Phi) is 3.30. The smallest absolute Gasteiger partial charge is 0.266 e. The summed E-state index contributed by atoms with van der Waals surface area (Å²) in [6.07, 6.45) is -2.33. The minimum atomic E-state index is -2.87. The van der Waals surface area contributed by atoms with E-state index in [1.165, 1.54) is 12.1 Å². The Morgan fingerprint density at radius 3 is 2.29 bits per heavy atom. The SMILES string of the molecule is O=Cc1ccc(Cl)c(C(F)F)c1C=O. The Hall–Kier alpha value is -1.29. The molecule has 0 aromatic heterocycles. The first-order chi connectivity index (χ1) is 6.61. The van der Waals surface area contributed by atoms with Gasteiger partial charge in [-0.25, -0.2) is 8.78 Å². The third-order valence-corrected chi connectivity index (χ3v) is 2.06. The van der Waals surface area contributed by atoms with Gasteiger partial charge in [0.15, 0.2) is 12.6 Å². The average molecular weight is 219 g/mol. The van der Waals surface area contributed by atoms with Crippen molar-refractivity contribution in [1.82, 2.24) is 0 Å². The van der Waals surface area contributed by atoms with Crippen LogP contribution in [0.15, 0.2) is 12.1 Å². The molecule has 1 rings (SSSR count). The lowest BCUT2D eigenvalue weighted by atomic mass is 10.0. The second-order valence-corrected chi connectivity index (χ2v) is 2.91. The minimum absolute atomic E-state index is 0.0836. The first-order valence-electron chi connectivity index (χ1n) is 3.62. The van der Waals surface area contributed by atoms with Gasteiger partial charge in [0.1, 0.15) is 0 Å². The summed E-state index contributed by atoms with van der Waals surface area (Å²) in [6.45, 7) is 0. The molecule has 14 heavy (non-hydrogen) atoms. The Morgan fingerprint density at radius 2 is 1.86 bits per heavy atom. The topological polar surface area (TPSA) is 34.1 Å². The number of halogens is 3. The van der Waals surface area contributed by atoms with Crippen molar-refractivity contribution in [2.75, 3.05) is 0 Å². The second kappa shape index (κ2) is 4.28. The molecule has 74 valence electrons. The second-order valence-electron chi connectivity index (χ2n) is 2.50. The molecule has 1 aromatic carbocycles. The van der Waals surface area contributed by atoms with Crippen molar-refractivity contribution in [2.45, 2.75) is 6.43 Å². The van der Waals surface area contributed by atoms with Gasteiger partial charge in [0.05, 0.1) is 5.02 Å². The number of carbonyl (C=O) groups excluding carboxylic acids is 2. The number of hydrogen-bond donors (Lipinski definition) is 0. The number of benzene rings is 1. The fourth-order valence-electron chi connectivity index (χ4n) is 1.08. The van der Waals surface area contributed by atoms with Gasteiger partial charge in [0.25, 0.3) is 6.43 Å². The molecule has 0 saturated heterocycles. The molecule has 1 aromatic rings. The van der Waals surface area contributed by atoms with E-state index >= 15 is 0 Å². The molecular formula is C9H5ClF2O2. The molecule has 0 unspecified atom stereocenters. The number of hydrogen-bond acceptors (Lipinski definition) is 2. The summed E-state index contributed by atoms with van der Waals surface area (Å²) in [5, 5.41) is -0.215. The van der Waals surface area contributed by atoms with Gasteiger partial charge in [-0.2, -0.15) is 0 Å². The van der Waals surface area contributed by atoms with Gasteiger partial charge in [-0.15, -0.1) is 0 Å². The summed E-state index contributed by atoms with van der Waals surface area (Å²) in [4.78, 5) is 20.9. The van der Waals surface area contributed by atoms with Crippen molar-refractivity contribution in [1.29, 1.82) is 0 Å². The van der Waals surface area contributed by atoms with Crippen LogP contribution < -0.4 is 0 Å². The quantitative estimate of drug-likeness (QED) is 0.731. The van der Waals surface area contributed by atoms with Gasteiger partial charge in [0, 0.05) is 16.7 Å². The minimum Gasteiger partial charge on any atom is -0.298 e. The Bertz CT molecular complexity index is 377. The Labute approximate surface area is 83.5 Å². The zero-order valence-electron chi connectivity index (χ0n) is 6.84. The average Bonchev–Trinajstić information content (AvgIpc) is 2.16. The van der Waals surface area contributed by atoms with Gasteiger partial charge >= 0.3 is 0 Å². The van der Waals surface area contributed by atoms with E-state index in [1.807, 2.05) is 0 Å². The van der Waals surface area contributed by atoms with E-state index in [0.29, 0.717) is 6.29 Å². The van der Waals surface area contributed by atoms with Crippen molar-refractivity contribution in [3.63, 3.8) is 0 Å². The molecule has 0 fully saturated rings. The van der Waals surface area contributed by atoms with E-state index < -0.39 is 12.0 Å². The van der Waals surface area contributed by atoms with Gasteiger partial charge in [-0.1, -0.05) is 11.6 Å². The highest BCUT2D eigenvalue weighted by molar-refractivity contribution is 6.32. The predicted octanol–water partition coefficient (Wildman–Crippen LogP) is 2.90. The van der Waals surface area contributed by atoms with E-state index in [2.05, 4.69) is 0 Å². The van der Waals surface area contributed by atoms with E-state index in [9.17, 15) is 18.4 Å². The maximum absolute atomic E-state index is 12.4. The molecule has 0 aliphatic carbocycles. The molecule has 0 saturated carbocycles. The summed E-state index contributed by atoms with van der Waals surface area (Å²) in [6, 6.07) is 2.39. The summed E-state index contributed by atoms with van der Waals surface area (Å²) in [5.74, 6) is 0. The van der Waals surface area contributed by atoms with E-state index in [1.54, 1.807) is 0 Å². The highest BCUT2D eigenvalue weighted by atomic mass is 35.5. The van der Waals surface area contributed by atoms with Gasteiger partial charge in [0.2, 0.25) is 0 Å². The van der Waals surface area contributed by atoms with Crippen molar-refractivity contribution < 1.29 is 18.4 Å². The molecule has 0 bridgehead atoms. The molecule has 0 heterocycles. The van der Waals surface area contributed by atoms with Gasteiger partial charge in [-0.3, -0.25) is 9.59 Å². The number of rotatable bonds is 3. The third kappa shape index (κ3) is 1.80.